The summed E-state index contributed by atoms with van der Waals surface area (Å²) in [7, 11) is 3.21. The number of likely N-dealkylation sites (N-methyl/N-ethyl adjacent to an activating group) is 1. The van der Waals surface area contributed by atoms with Gasteiger partial charge in [-0.15, -0.1) is 12.4 Å². The number of likely N-dealkylation sites (tertiary alicyclic amines) is 1. The number of hydrogen-bond donors (Lipinski definition) is 4. The molecule has 1 saturated heterocycles. The van der Waals surface area contributed by atoms with Crippen LogP contribution in [0.15, 0.2) is 55.0 Å². The van der Waals surface area contributed by atoms with Crippen LogP contribution in [0.4, 0.5) is 17.2 Å². The maximum absolute atomic E-state index is 13.9. The first-order valence-electron chi connectivity index (χ1n) is 15.0. The predicted molar refractivity (Wildman–Crippen MR) is 182 cm³/mol. The minimum atomic E-state index is -0.805. The minimum Gasteiger partial charge on any atom is -0.494 e. The average molecular weight is 649 g/mol. The largest absolute Gasteiger partial charge is 0.494 e. The van der Waals surface area contributed by atoms with Crippen molar-refractivity contribution in [3.8, 4) is 5.75 Å². The van der Waals surface area contributed by atoms with Crippen LogP contribution in [0.5, 0.6) is 5.75 Å². The second kappa shape index (κ2) is 14.3. The van der Waals surface area contributed by atoms with E-state index in [1.54, 1.807) is 37.2 Å². The highest BCUT2D eigenvalue weighted by molar-refractivity contribution is 6.03. The molecule has 1 aliphatic heterocycles. The zero-order chi connectivity index (χ0) is 32.3. The molecular formula is C33H41ClN8O4. The molecular weight excluding hydrogens is 608 g/mol. The van der Waals surface area contributed by atoms with Gasteiger partial charge in [0.25, 0.3) is 0 Å². The van der Waals surface area contributed by atoms with Gasteiger partial charge in [0.2, 0.25) is 17.7 Å². The van der Waals surface area contributed by atoms with E-state index in [2.05, 4.69) is 36.2 Å². The van der Waals surface area contributed by atoms with Crippen LogP contribution < -0.4 is 26.0 Å². The highest BCUT2D eigenvalue weighted by Crippen LogP contribution is 2.34. The number of pyridine rings is 1. The summed E-state index contributed by atoms with van der Waals surface area (Å²) in [4.78, 5) is 55.2. The molecule has 3 amide bonds. The quantitative estimate of drug-likeness (QED) is 0.207. The fraction of sp³-hybridized carbons (Fsp3) is 0.394. The molecule has 1 aliphatic rings. The van der Waals surface area contributed by atoms with E-state index in [1.807, 2.05) is 51.1 Å². The van der Waals surface area contributed by atoms with E-state index in [0.717, 1.165) is 16.6 Å². The lowest BCUT2D eigenvalue weighted by Crippen LogP contribution is -2.59. The third-order valence-electron chi connectivity index (χ3n) is 8.14. The molecule has 13 heteroatoms. The van der Waals surface area contributed by atoms with Gasteiger partial charge >= 0.3 is 0 Å². The Morgan fingerprint density at radius 1 is 1.04 bits per heavy atom. The van der Waals surface area contributed by atoms with Gasteiger partial charge in [-0.3, -0.25) is 19.4 Å². The molecule has 0 unspecified atom stereocenters. The van der Waals surface area contributed by atoms with E-state index >= 15 is 0 Å². The maximum Gasteiger partial charge on any atom is 0.247 e. The number of ether oxygens (including phenoxy) is 1. The lowest BCUT2D eigenvalue weighted by Gasteiger charge is -2.36. The van der Waals surface area contributed by atoms with E-state index in [0.29, 0.717) is 47.5 Å². The Morgan fingerprint density at radius 2 is 1.83 bits per heavy atom. The van der Waals surface area contributed by atoms with Crippen LogP contribution in [0.25, 0.3) is 21.8 Å². The van der Waals surface area contributed by atoms with Crippen LogP contribution in [-0.2, 0) is 14.4 Å². The second-order valence-corrected chi connectivity index (χ2v) is 12.3. The Bertz CT molecular complexity index is 1740. The highest BCUT2D eigenvalue weighted by atomic mass is 35.5. The first kappa shape index (κ1) is 34.3. The molecule has 5 rings (SSSR count). The molecule has 46 heavy (non-hydrogen) atoms. The Balaban J connectivity index is 0.00000480. The Kier molecular flexibility index (Phi) is 10.6. The Labute approximate surface area is 274 Å². The fourth-order valence-electron chi connectivity index (χ4n) is 5.47. The molecule has 0 radical (unpaired) electrons. The summed E-state index contributed by atoms with van der Waals surface area (Å²) >= 11 is 0. The molecule has 0 bridgehead atoms. The van der Waals surface area contributed by atoms with Crippen molar-refractivity contribution in [1.82, 2.24) is 30.5 Å². The number of amides is 3. The summed E-state index contributed by atoms with van der Waals surface area (Å²) in [6.07, 6.45) is 4.38. The third-order valence-corrected chi connectivity index (χ3v) is 8.14. The number of anilines is 3. The number of rotatable bonds is 9. The van der Waals surface area contributed by atoms with Crippen molar-refractivity contribution in [3.05, 3.63) is 55.0 Å². The van der Waals surface area contributed by atoms with Crippen molar-refractivity contribution in [2.45, 2.75) is 58.7 Å². The van der Waals surface area contributed by atoms with Crippen LogP contribution in [0, 0.1) is 5.41 Å². The van der Waals surface area contributed by atoms with E-state index in [9.17, 15) is 14.4 Å². The van der Waals surface area contributed by atoms with Crippen molar-refractivity contribution in [1.29, 1.82) is 0 Å². The molecule has 4 aromatic rings. The number of carbonyl (C=O) groups excluding carboxylic acids is 3. The number of nitrogens with one attached hydrogen (secondary N) is 4. The standard InChI is InChI=1S/C33H40N8O4.ClH/c1-19(34-5)30(42)40-28(33(2,3)4)32(44)41-14-8-10-26(41)31(43)39-25-16-22-24(17-27(25)45-6)36-18-37-29(22)38-21-11-12-23-20(15-21)9-7-13-35-23;/h7,9,11-13,15-19,26,28,34H,8,10,14H2,1-6H3,(H,39,43)(H,40,42)(H,36,37,38);1H/t19-,26-,28+;/m0./s1. The molecule has 1 fully saturated rings. The summed E-state index contributed by atoms with van der Waals surface area (Å²) in [5, 5.41) is 13.8. The Hall–Kier alpha value is -4.55. The number of carbonyl (C=O) groups is 3. The van der Waals surface area contributed by atoms with Crippen molar-refractivity contribution in [2.24, 2.45) is 5.41 Å². The number of benzene rings is 2. The molecule has 2 aromatic carbocycles. The summed E-state index contributed by atoms with van der Waals surface area (Å²) < 4.78 is 5.62. The number of aromatic nitrogens is 3. The minimum absolute atomic E-state index is 0. The molecule has 2 aromatic heterocycles. The fourth-order valence-corrected chi connectivity index (χ4v) is 5.47. The maximum atomic E-state index is 13.9. The molecule has 244 valence electrons. The molecule has 0 aliphatic carbocycles. The van der Waals surface area contributed by atoms with Crippen LogP contribution in [0.3, 0.4) is 0 Å². The molecule has 3 atom stereocenters. The lowest BCUT2D eigenvalue weighted by molar-refractivity contribution is -0.143. The van der Waals surface area contributed by atoms with E-state index < -0.39 is 23.5 Å². The van der Waals surface area contributed by atoms with Crippen molar-refractivity contribution in [3.63, 3.8) is 0 Å². The van der Waals surface area contributed by atoms with Crippen LogP contribution in [0.2, 0.25) is 0 Å². The van der Waals surface area contributed by atoms with Gasteiger partial charge in [0, 0.05) is 35.3 Å². The number of nitrogens with zero attached hydrogens (tertiary/aromatic N) is 4. The SMILES string of the molecule is CN[C@@H](C)C(=O)N[C@H](C(=O)N1CCC[C@H]1C(=O)Nc1cc2c(Nc3ccc4ncccc4c3)ncnc2cc1OC)C(C)(C)C.Cl. The van der Waals surface area contributed by atoms with Gasteiger partial charge in [-0.1, -0.05) is 26.8 Å². The molecule has 0 saturated carbocycles. The summed E-state index contributed by atoms with van der Waals surface area (Å²) in [5.74, 6) is 0.0775. The van der Waals surface area contributed by atoms with E-state index in [4.69, 9.17) is 4.74 Å². The smallest absolute Gasteiger partial charge is 0.247 e. The molecule has 0 spiro atoms. The van der Waals surface area contributed by atoms with Crippen molar-refractivity contribution < 1.29 is 19.1 Å². The summed E-state index contributed by atoms with van der Waals surface area (Å²) in [6, 6.07) is 11.2. The van der Waals surface area contributed by atoms with Gasteiger partial charge in [-0.25, -0.2) is 9.97 Å². The average Bonchev–Trinajstić information content (AvgIpc) is 3.52. The predicted octanol–water partition coefficient (Wildman–Crippen LogP) is 4.42. The topological polar surface area (TPSA) is 150 Å². The number of methoxy groups -OCH3 is 1. The van der Waals surface area contributed by atoms with Gasteiger partial charge in [0.05, 0.1) is 29.9 Å². The highest BCUT2D eigenvalue weighted by Gasteiger charge is 2.42. The lowest BCUT2D eigenvalue weighted by atomic mass is 9.85. The van der Waals surface area contributed by atoms with Gasteiger partial charge in [-0.2, -0.15) is 0 Å². The molecule has 12 nitrogen and oxygen atoms in total. The van der Waals surface area contributed by atoms with Gasteiger partial charge in [0.1, 0.15) is 30.0 Å². The van der Waals surface area contributed by atoms with Crippen molar-refractivity contribution in [2.75, 3.05) is 31.3 Å². The number of fused-ring (bicyclic) bond motifs is 2. The Morgan fingerprint density at radius 3 is 2.54 bits per heavy atom. The van der Waals surface area contributed by atoms with Crippen LogP contribution in [0.1, 0.15) is 40.5 Å². The molecule has 4 N–H and O–H groups in total. The van der Waals surface area contributed by atoms with Crippen molar-refractivity contribution >= 4 is 69.1 Å². The van der Waals surface area contributed by atoms with Gasteiger partial charge in [-0.05, 0) is 62.6 Å². The van der Waals surface area contributed by atoms with E-state index in [-0.39, 0.29) is 30.1 Å². The first-order valence-corrected chi connectivity index (χ1v) is 15.0. The number of halogens is 1. The third kappa shape index (κ3) is 7.29. The second-order valence-electron chi connectivity index (χ2n) is 12.3. The monoisotopic (exact) mass is 648 g/mol. The van der Waals surface area contributed by atoms with Crippen LogP contribution in [-0.4, -0.2) is 76.4 Å². The van der Waals surface area contributed by atoms with Crippen LogP contribution >= 0.6 is 12.4 Å². The first-order chi connectivity index (χ1) is 21.5. The number of hydrogen-bond acceptors (Lipinski definition) is 9. The van der Waals surface area contributed by atoms with E-state index in [1.165, 1.54) is 13.4 Å². The zero-order valence-corrected chi connectivity index (χ0v) is 27.7. The normalized spacial score (nSPS) is 16.0. The summed E-state index contributed by atoms with van der Waals surface area (Å²) in [5.41, 5.74) is 2.19. The van der Waals surface area contributed by atoms with Gasteiger partial charge < -0.3 is 30.9 Å². The van der Waals surface area contributed by atoms with Gasteiger partial charge in [0.15, 0.2) is 0 Å². The molecule has 3 heterocycles. The summed E-state index contributed by atoms with van der Waals surface area (Å²) in [6.45, 7) is 7.83. The zero-order valence-electron chi connectivity index (χ0n) is 26.9.